The predicted molar refractivity (Wildman–Crippen MR) is 125 cm³/mol. The Labute approximate surface area is 209 Å². The number of alkyl halides is 3. The zero-order valence-electron chi connectivity index (χ0n) is 20.0. The van der Waals surface area contributed by atoms with Crippen LogP contribution < -0.4 is 14.1 Å². The summed E-state index contributed by atoms with van der Waals surface area (Å²) in [5.74, 6) is -1.42. The molecule has 0 bridgehead atoms. The van der Waals surface area contributed by atoms with Gasteiger partial charge in [0.2, 0.25) is 0 Å². The first-order valence-corrected chi connectivity index (χ1v) is 12.1. The van der Waals surface area contributed by atoms with Gasteiger partial charge in [-0.2, -0.15) is 22.7 Å². The highest BCUT2D eigenvalue weighted by atomic mass is 32.1. The minimum atomic E-state index is -4.66. The van der Waals surface area contributed by atoms with Crippen molar-refractivity contribution in [2.45, 2.75) is 59.2 Å². The van der Waals surface area contributed by atoms with Crippen LogP contribution in [0.25, 0.3) is 10.2 Å². The summed E-state index contributed by atoms with van der Waals surface area (Å²) in [6.07, 6.45) is -0.431. The third kappa shape index (κ3) is 6.91. The lowest BCUT2D eigenvalue weighted by molar-refractivity contribution is -0.726. The number of amides is 1. The molecule has 0 unspecified atom stereocenters. The molecule has 0 aliphatic carbocycles. The van der Waals surface area contributed by atoms with Gasteiger partial charge in [0.15, 0.2) is 17.2 Å². The molecule has 1 amide bonds. The predicted octanol–water partition coefficient (Wildman–Crippen LogP) is 3.83. The lowest BCUT2D eigenvalue weighted by Crippen LogP contribution is -2.35. The number of hydrogen-bond donors (Lipinski definition) is 1. The van der Waals surface area contributed by atoms with E-state index in [0.29, 0.717) is 17.4 Å². The summed E-state index contributed by atoms with van der Waals surface area (Å²) in [6, 6.07) is 4.37. The van der Waals surface area contributed by atoms with Crippen molar-refractivity contribution in [3.63, 3.8) is 0 Å². The zero-order valence-corrected chi connectivity index (χ0v) is 20.9. The normalized spacial score (nSPS) is 13.1. The molecule has 8 nitrogen and oxygen atoms in total. The standard InChI is InChI=1S/C24H27F3N3O5S/c1-4-5-9-30-19-12-29(14-35-16(3)32)10-8-21(19)36-23(30)28-22(33)18-11-17(24(25,26)27)6-7-20(18)34-13-15(2)31/h6-8,10-12,15,31H,4-5,9,13-14H2,1-3H3/q+1/t15-/m0/s1. The summed E-state index contributed by atoms with van der Waals surface area (Å²) in [7, 11) is 0. The molecule has 0 spiro atoms. The van der Waals surface area contributed by atoms with Gasteiger partial charge in [-0.25, -0.2) is 0 Å². The monoisotopic (exact) mass is 526 g/mol. The van der Waals surface area contributed by atoms with E-state index >= 15 is 0 Å². The number of unbranched alkanes of at least 4 members (excludes halogenated alkanes) is 1. The number of rotatable bonds is 9. The summed E-state index contributed by atoms with van der Waals surface area (Å²) in [6.45, 7) is 5.10. The third-order valence-corrected chi connectivity index (χ3v) is 6.11. The Bertz CT molecular complexity index is 1310. The molecule has 194 valence electrons. The van der Waals surface area contributed by atoms with E-state index in [1.54, 1.807) is 23.0 Å². The lowest BCUT2D eigenvalue weighted by Gasteiger charge is -2.13. The van der Waals surface area contributed by atoms with Crippen LogP contribution in [0.3, 0.4) is 0 Å². The van der Waals surface area contributed by atoms with Crippen LogP contribution in [-0.2, 0) is 29.0 Å². The third-order valence-electron chi connectivity index (χ3n) is 5.05. The van der Waals surface area contributed by atoms with Crippen molar-refractivity contribution < 1.29 is 41.9 Å². The van der Waals surface area contributed by atoms with E-state index < -0.39 is 29.7 Å². The maximum absolute atomic E-state index is 13.3. The van der Waals surface area contributed by atoms with Crippen LogP contribution in [0.15, 0.2) is 41.7 Å². The molecule has 0 saturated carbocycles. The number of pyridine rings is 1. The first-order valence-electron chi connectivity index (χ1n) is 11.3. The van der Waals surface area contributed by atoms with Crippen LogP contribution >= 0.6 is 11.3 Å². The molecular formula is C24H27F3N3O5S+. The number of esters is 1. The number of nitrogens with zero attached hydrogens (tertiary/aromatic N) is 3. The molecule has 2 aromatic heterocycles. The van der Waals surface area contributed by atoms with Gasteiger partial charge in [0, 0.05) is 19.5 Å². The maximum atomic E-state index is 13.3. The number of aliphatic hydroxyl groups is 1. The largest absolute Gasteiger partial charge is 0.490 e. The molecule has 0 radical (unpaired) electrons. The zero-order chi connectivity index (χ0) is 26.5. The minimum absolute atomic E-state index is 0.00845. The summed E-state index contributed by atoms with van der Waals surface area (Å²) < 4.78 is 54.7. The van der Waals surface area contributed by atoms with Crippen molar-refractivity contribution in [3.05, 3.63) is 52.6 Å². The van der Waals surface area contributed by atoms with E-state index in [1.165, 1.54) is 25.2 Å². The topological polar surface area (TPSA) is 94.0 Å². The summed E-state index contributed by atoms with van der Waals surface area (Å²) in [5.41, 5.74) is -0.619. The van der Waals surface area contributed by atoms with E-state index in [4.69, 9.17) is 9.47 Å². The van der Waals surface area contributed by atoms with Crippen molar-refractivity contribution in [1.29, 1.82) is 0 Å². The second-order valence-electron chi connectivity index (χ2n) is 8.15. The molecule has 0 fully saturated rings. The molecule has 0 aliphatic heterocycles. The number of benzene rings is 1. The first kappa shape index (κ1) is 27.3. The van der Waals surface area contributed by atoms with Crippen LogP contribution in [-0.4, -0.2) is 34.3 Å². The van der Waals surface area contributed by atoms with Gasteiger partial charge in [-0.15, -0.1) is 0 Å². The first-order chi connectivity index (χ1) is 17.0. The van der Waals surface area contributed by atoms with Gasteiger partial charge in [-0.05, 0) is 31.5 Å². The molecule has 0 aliphatic rings. The van der Waals surface area contributed by atoms with Gasteiger partial charge in [0.05, 0.1) is 21.9 Å². The molecule has 1 aromatic carbocycles. The summed E-state index contributed by atoms with van der Waals surface area (Å²) in [4.78, 5) is 28.8. The van der Waals surface area contributed by atoms with Gasteiger partial charge < -0.3 is 19.1 Å². The number of aryl methyl sites for hydroxylation is 1. The fraction of sp³-hybridized carbons (Fsp3) is 0.417. The van der Waals surface area contributed by atoms with E-state index in [0.717, 1.165) is 35.2 Å². The quantitative estimate of drug-likeness (QED) is 0.338. The van der Waals surface area contributed by atoms with Crippen LogP contribution in [0.4, 0.5) is 13.2 Å². The lowest BCUT2D eigenvalue weighted by atomic mass is 10.1. The molecule has 12 heteroatoms. The Balaban J connectivity index is 2.10. The van der Waals surface area contributed by atoms with Gasteiger partial charge in [0.25, 0.3) is 12.6 Å². The van der Waals surface area contributed by atoms with Crippen LogP contribution in [0.1, 0.15) is 49.5 Å². The van der Waals surface area contributed by atoms with Crippen LogP contribution in [0, 0.1) is 0 Å². The van der Waals surface area contributed by atoms with Crippen molar-refractivity contribution in [2.24, 2.45) is 4.99 Å². The molecular weight excluding hydrogens is 499 g/mol. The number of hydrogen-bond acceptors (Lipinski definition) is 6. The highest BCUT2D eigenvalue weighted by Crippen LogP contribution is 2.33. The minimum Gasteiger partial charge on any atom is -0.490 e. The molecule has 3 aromatic rings. The Morgan fingerprint density at radius 2 is 2.03 bits per heavy atom. The van der Waals surface area contributed by atoms with Gasteiger partial charge in [0.1, 0.15) is 17.9 Å². The fourth-order valence-electron chi connectivity index (χ4n) is 3.28. The Morgan fingerprint density at radius 1 is 1.28 bits per heavy atom. The highest BCUT2D eigenvalue weighted by Gasteiger charge is 2.32. The molecule has 36 heavy (non-hydrogen) atoms. The highest BCUT2D eigenvalue weighted by molar-refractivity contribution is 7.16. The summed E-state index contributed by atoms with van der Waals surface area (Å²) in [5, 5.41) is 9.51. The average molecular weight is 527 g/mol. The van der Waals surface area contributed by atoms with Crippen LogP contribution in [0.2, 0.25) is 0 Å². The smallest absolute Gasteiger partial charge is 0.416 e. The van der Waals surface area contributed by atoms with Crippen molar-refractivity contribution in [3.8, 4) is 5.75 Å². The van der Waals surface area contributed by atoms with Gasteiger partial charge in [-0.3, -0.25) is 9.59 Å². The van der Waals surface area contributed by atoms with Gasteiger partial charge in [-0.1, -0.05) is 24.7 Å². The average Bonchev–Trinajstić information content (AvgIpc) is 3.15. The maximum Gasteiger partial charge on any atom is 0.416 e. The summed E-state index contributed by atoms with van der Waals surface area (Å²) >= 11 is 1.22. The molecule has 3 rings (SSSR count). The molecule has 1 atom stereocenters. The molecule has 1 N–H and O–H groups in total. The second-order valence-corrected chi connectivity index (χ2v) is 9.16. The van der Waals surface area contributed by atoms with Crippen molar-refractivity contribution in [2.75, 3.05) is 6.61 Å². The Kier molecular flexibility index (Phi) is 8.85. The molecule has 2 heterocycles. The SMILES string of the molecule is CCCCn1c(=NC(=O)c2cc(C(F)(F)F)ccc2OC[C@H](C)O)sc2cc[n+](COC(C)=O)cc21. The Morgan fingerprint density at radius 3 is 2.67 bits per heavy atom. The number of aliphatic hydroxyl groups excluding tert-OH is 1. The second kappa shape index (κ2) is 11.7. The van der Waals surface area contributed by atoms with E-state index in [-0.39, 0.29) is 24.7 Å². The Hall–Kier alpha value is -3.25. The van der Waals surface area contributed by atoms with Crippen molar-refractivity contribution in [1.82, 2.24) is 4.57 Å². The van der Waals surface area contributed by atoms with Crippen molar-refractivity contribution >= 4 is 33.4 Å². The van der Waals surface area contributed by atoms with Crippen LogP contribution in [0.5, 0.6) is 5.75 Å². The number of aromatic nitrogens is 2. The number of thiazole rings is 1. The number of carbonyl (C=O) groups excluding carboxylic acids is 2. The number of ether oxygens (including phenoxy) is 2. The number of fused-ring (bicyclic) bond motifs is 1. The number of halogens is 3. The molecule has 0 saturated heterocycles. The van der Waals surface area contributed by atoms with E-state index in [2.05, 4.69) is 4.99 Å². The fourth-order valence-corrected chi connectivity index (χ4v) is 4.30. The van der Waals surface area contributed by atoms with Gasteiger partial charge >= 0.3 is 12.1 Å². The van der Waals surface area contributed by atoms with E-state index in [1.807, 2.05) is 11.5 Å². The number of carbonyl (C=O) groups is 2. The van der Waals surface area contributed by atoms with E-state index in [9.17, 15) is 27.9 Å².